The van der Waals surface area contributed by atoms with Crippen LogP contribution in [0.25, 0.3) is 6.08 Å². The van der Waals surface area contributed by atoms with Crippen molar-refractivity contribution in [3.05, 3.63) is 70.8 Å². The molecule has 2 nitrogen and oxygen atoms in total. The number of amides is 1. The Morgan fingerprint density at radius 3 is 1.96 bits per heavy atom. The van der Waals surface area contributed by atoms with Crippen molar-refractivity contribution in [1.29, 1.82) is 0 Å². The van der Waals surface area contributed by atoms with Gasteiger partial charge in [0.25, 0.3) is 0 Å². The maximum atomic E-state index is 12.4. The quantitative estimate of drug-likeness (QED) is 0.683. The zero-order valence-corrected chi connectivity index (χ0v) is 15.3. The van der Waals surface area contributed by atoms with Crippen LogP contribution in [-0.4, -0.2) is 5.91 Å². The fourth-order valence-corrected chi connectivity index (χ4v) is 2.71. The van der Waals surface area contributed by atoms with Crippen LogP contribution in [0.3, 0.4) is 0 Å². The Morgan fingerprint density at radius 1 is 0.917 bits per heavy atom. The number of hydrogen-bond donors (Lipinski definition) is 1. The van der Waals surface area contributed by atoms with Gasteiger partial charge in [0.15, 0.2) is 0 Å². The largest absolute Gasteiger partial charge is 0.322 e. The van der Waals surface area contributed by atoms with Crippen molar-refractivity contribution in [3.8, 4) is 0 Å². The number of hydrogen-bond acceptors (Lipinski definition) is 1. The number of benzene rings is 2. The highest BCUT2D eigenvalue weighted by Crippen LogP contribution is 2.32. The minimum atomic E-state index is -0.0921. The number of nitrogens with one attached hydrogen (secondary N) is 1. The van der Waals surface area contributed by atoms with E-state index >= 15 is 0 Å². The van der Waals surface area contributed by atoms with E-state index in [1.807, 2.05) is 30.3 Å². The highest BCUT2D eigenvalue weighted by Gasteiger charge is 2.14. The second kappa shape index (κ2) is 7.96. The maximum Gasteiger partial charge on any atom is 0.248 e. The third-order valence-corrected chi connectivity index (χ3v) is 4.13. The highest BCUT2D eigenvalue weighted by molar-refractivity contribution is 6.03. The molecule has 0 fully saturated rings. The monoisotopic (exact) mass is 321 g/mol. The van der Waals surface area contributed by atoms with Crippen molar-refractivity contribution < 1.29 is 4.79 Å². The van der Waals surface area contributed by atoms with Gasteiger partial charge in [-0.3, -0.25) is 4.79 Å². The normalized spacial score (nSPS) is 11.5. The summed E-state index contributed by atoms with van der Waals surface area (Å²) in [4.78, 5) is 12.4. The molecule has 126 valence electrons. The number of carbonyl (C=O) groups excluding carboxylic acids is 1. The van der Waals surface area contributed by atoms with Crippen molar-refractivity contribution in [3.63, 3.8) is 0 Å². The molecule has 0 atom stereocenters. The molecule has 0 saturated heterocycles. The molecule has 24 heavy (non-hydrogen) atoms. The zero-order chi connectivity index (χ0) is 17.7. The van der Waals surface area contributed by atoms with Gasteiger partial charge in [0.1, 0.15) is 0 Å². The van der Waals surface area contributed by atoms with Crippen molar-refractivity contribution >= 4 is 17.7 Å². The van der Waals surface area contributed by atoms with Gasteiger partial charge in [-0.2, -0.15) is 0 Å². The average Bonchev–Trinajstić information content (AvgIpc) is 2.54. The fraction of sp³-hybridized carbons (Fsp3) is 0.318. The Bertz CT molecular complexity index is 698. The summed E-state index contributed by atoms with van der Waals surface area (Å²) in [5, 5.41) is 3.10. The van der Waals surface area contributed by atoms with Crippen molar-refractivity contribution in [2.24, 2.45) is 0 Å². The van der Waals surface area contributed by atoms with E-state index in [0.717, 1.165) is 11.3 Å². The fourth-order valence-electron chi connectivity index (χ4n) is 2.71. The average molecular weight is 321 g/mol. The third-order valence-electron chi connectivity index (χ3n) is 4.13. The van der Waals surface area contributed by atoms with E-state index in [2.05, 4.69) is 58.1 Å². The third kappa shape index (κ3) is 4.58. The Morgan fingerprint density at radius 2 is 1.46 bits per heavy atom. The molecule has 2 aromatic carbocycles. The standard InChI is InChI=1S/C22H27NO/c1-15(2)19-7-6-8-20(16(3)4)22(19)23-21(24)14-13-18-11-9-17(5)10-12-18/h6-16H,1-5H3,(H,23,24)/b14-13+. The SMILES string of the molecule is Cc1ccc(/C=C/C(=O)Nc2c(C(C)C)cccc2C(C)C)cc1. The molecule has 0 aromatic heterocycles. The van der Waals surface area contributed by atoms with Gasteiger partial charge in [-0.25, -0.2) is 0 Å². The van der Waals surface area contributed by atoms with Crippen LogP contribution in [-0.2, 0) is 4.79 Å². The predicted octanol–water partition coefficient (Wildman–Crippen LogP) is 5.89. The lowest BCUT2D eigenvalue weighted by molar-refractivity contribution is -0.111. The van der Waals surface area contributed by atoms with Crippen LogP contribution >= 0.6 is 0 Å². The molecular weight excluding hydrogens is 294 g/mol. The summed E-state index contributed by atoms with van der Waals surface area (Å²) in [6, 6.07) is 14.4. The number of anilines is 1. The number of aryl methyl sites for hydroxylation is 1. The summed E-state index contributed by atoms with van der Waals surface area (Å²) in [7, 11) is 0. The van der Waals surface area contributed by atoms with Crippen molar-refractivity contribution in [2.75, 3.05) is 5.32 Å². The maximum absolute atomic E-state index is 12.4. The van der Waals surface area contributed by atoms with Crippen LogP contribution in [0.2, 0.25) is 0 Å². The van der Waals surface area contributed by atoms with E-state index < -0.39 is 0 Å². The molecule has 0 unspecified atom stereocenters. The molecular formula is C22H27NO. The predicted molar refractivity (Wildman–Crippen MR) is 103 cm³/mol. The molecule has 0 aliphatic rings. The molecule has 0 saturated carbocycles. The van der Waals surface area contributed by atoms with Gasteiger partial charge in [0.05, 0.1) is 0 Å². The van der Waals surface area contributed by atoms with Gasteiger partial charge in [0, 0.05) is 11.8 Å². The highest BCUT2D eigenvalue weighted by atomic mass is 16.1. The summed E-state index contributed by atoms with van der Waals surface area (Å²) in [5.41, 5.74) is 5.55. The van der Waals surface area contributed by atoms with Gasteiger partial charge in [-0.05, 0) is 41.5 Å². The van der Waals surface area contributed by atoms with E-state index in [1.54, 1.807) is 6.08 Å². The van der Waals surface area contributed by atoms with Crippen molar-refractivity contribution in [2.45, 2.75) is 46.5 Å². The van der Waals surface area contributed by atoms with Crippen LogP contribution in [0.15, 0.2) is 48.5 Å². The van der Waals surface area contributed by atoms with Gasteiger partial charge in [-0.1, -0.05) is 75.7 Å². The van der Waals surface area contributed by atoms with Crippen molar-refractivity contribution in [1.82, 2.24) is 0 Å². The topological polar surface area (TPSA) is 29.1 Å². The van der Waals surface area contributed by atoms with E-state index in [0.29, 0.717) is 11.8 Å². The van der Waals surface area contributed by atoms with Crippen LogP contribution in [0, 0.1) is 6.92 Å². The second-order valence-electron chi connectivity index (χ2n) is 6.85. The Kier molecular flexibility index (Phi) is 5.97. The molecule has 0 aliphatic heterocycles. The minimum Gasteiger partial charge on any atom is -0.322 e. The molecule has 0 radical (unpaired) electrons. The molecule has 2 aromatic rings. The molecule has 1 amide bonds. The molecule has 2 rings (SSSR count). The summed E-state index contributed by atoms with van der Waals surface area (Å²) in [6.45, 7) is 10.7. The molecule has 0 bridgehead atoms. The number of carbonyl (C=O) groups is 1. The van der Waals surface area contributed by atoms with E-state index in [9.17, 15) is 4.79 Å². The first-order valence-corrected chi connectivity index (χ1v) is 8.57. The lowest BCUT2D eigenvalue weighted by Crippen LogP contribution is -2.13. The lowest BCUT2D eigenvalue weighted by atomic mass is 9.92. The molecule has 0 heterocycles. The van der Waals surface area contributed by atoms with E-state index in [1.165, 1.54) is 16.7 Å². The molecule has 0 aliphatic carbocycles. The molecule has 2 heteroatoms. The first-order chi connectivity index (χ1) is 11.4. The van der Waals surface area contributed by atoms with Crippen LogP contribution in [0.5, 0.6) is 0 Å². The number of rotatable bonds is 5. The Hall–Kier alpha value is -2.35. The zero-order valence-electron chi connectivity index (χ0n) is 15.3. The first-order valence-electron chi connectivity index (χ1n) is 8.57. The summed E-state index contributed by atoms with van der Waals surface area (Å²) in [6.07, 6.45) is 3.45. The molecule has 1 N–H and O–H groups in total. The smallest absolute Gasteiger partial charge is 0.248 e. The van der Waals surface area contributed by atoms with Crippen LogP contribution in [0.4, 0.5) is 5.69 Å². The van der Waals surface area contributed by atoms with Gasteiger partial charge in [0.2, 0.25) is 5.91 Å². The summed E-state index contributed by atoms with van der Waals surface area (Å²) >= 11 is 0. The second-order valence-corrected chi connectivity index (χ2v) is 6.85. The van der Waals surface area contributed by atoms with Gasteiger partial charge >= 0.3 is 0 Å². The summed E-state index contributed by atoms with van der Waals surface area (Å²) in [5.74, 6) is 0.630. The number of para-hydroxylation sites is 1. The van der Waals surface area contributed by atoms with Gasteiger partial charge in [-0.15, -0.1) is 0 Å². The van der Waals surface area contributed by atoms with Crippen LogP contribution in [0.1, 0.15) is 61.8 Å². The van der Waals surface area contributed by atoms with E-state index in [4.69, 9.17) is 0 Å². The Labute approximate surface area is 145 Å². The van der Waals surface area contributed by atoms with Gasteiger partial charge < -0.3 is 5.32 Å². The first kappa shape index (κ1) is 18.0. The summed E-state index contributed by atoms with van der Waals surface area (Å²) < 4.78 is 0. The van der Waals surface area contributed by atoms with E-state index in [-0.39, 0.29) is 5.91 Å². The van der Waals surface area contributed by atoms with Crippen LogP contribution < -0.4 is 5.32 Å². The lowest BCUT2D eigenvalue weighted by Gasteiger charge is -2.19. The Balaban J connectivity index is 2.23. The molecule has 0 spiro atoms. The minimum absolute atomic E-state index is 0.0921.